The lowest BCUT2D eigenvalue weighted by atomic mass is 9.93. The number of halogens is 3. The summed E-state index contributed by atoms with van der Waals surface area (Å²) in [5.41, 5.74) is 2.89. The predicted molar refractivity (Wildman–Crippen MR) is 69.8 cm³/mol. The van der Waals surface area contributed by atoms with E-state index in [1.807, 2.05) is 0 Å². The van der Waals surface area contributed by atoms with Gasteiger partial charge in [0.05, 0.1) is 17.7 Å². The van der Waals surface area contributed by atoms with E-state index in [1.54, 1.807) is 0 Å². The lowest BCUT2D eigenvalue weighted by Gasteiger charge is -2.25. The van der Waals surface area contributed by atoms with Gasteiger partial charge in [0, 0.05) is 6.61 Å². The van der Waals surface area contributed by atoms with E-state index in [4.69, 9.17) is 10.6 Å². The maximum absolute atomic E-state index is 12.5. The lowest BCUT2D eigenvalue weighted by molar-refractivity contribution is -0.137. The maximum Gasteiger partial charge on any atom is 0.416 e. The Morgan fingerprint density at radius 2 is 2.00 bits per heavy atom. The molecule has 0 spiro atoms. The number of hydrogen-bond donors (Lipinski definition) is 2. The summed E-state index contributed by atoms with van der Waals surface area (Å²) in [4.78, 5) is 0. The summed E-state index contributed by atoms with van der Waals surface area (Å²) >= 11 is 0. The first-order valence-electron chi connectivity index (χ1n) is 6.65. The van der Waals surface area contributed by atoms with Crippen molar-refractivity contribution in [3.05, 3.63) is 35.4 Å². The van der Waals surface area contributed by atoms with Crippen LogP contribution in [0.4, 0.5) is 13.2 Å². The van der Waals surface area contributed by atoms with Crippen LogP contribution in [0.5, 0.6) is 0 Å². The molecule has 2 rings (SSSR count). The van der Waals surface area contributed by atoms with Crippen molar-refractivity contribution in [3.8, 4) is 0 Å². The van der Waals surface area contributed by atoms with E-state index >= 15 is 0 Å². The Hall–Kier alpha value is -1.11. The van der Waals surface area contributed by atoms with Gasteiger partial charge in [-0.15, -0.1) is 0 Å². The molecule has 1 aliphatic heterocycles. The molecule has 1 aromatic rings. The Balaban J connectivity index is 2.04. The number of ether oxygens (including phenoxy) is 1. The fourth-order valence-corrected chi connectivity index (χ4v) is 2.58. The number of nitrogens with one attached hydrogen (secondary N) is 1. The van der Waals surface area contributed by atoms with Crippen LogP contribution < -0.4 is 11.3 Å². The molecule has 3 atom stereocenters. The van der Waals surface area contributed by atoms with E-state index in [0.717, 1.165) is 24.1 Å². The van der Waals surface area contributed by atoms with Crippen LogP contribution in [-0.4, -0.2) is 18.8 Å². The molecule has 0 aliphatic carbocycles. The van der Waals surface area contributed by atoms with Gasteiger partial charge in [-0.25, -0.2) is 0 Å². The monoisotopic (exact) mass is 288 g/mol. The van der Waals surface area contributed by atoms with Gasteiger partial charge in [0.2, 0.25) is 0 Å². The zero-order valence-corrected chi connectivity index (χ0v) is 11.3. The minimum atomic E-state index is -4.30. The van der Waals surface area contributed by atoms with Gasteiger partial charge in [0.25, 0.3) is 0 Å². The van der Waals surface area contributed by atoms with E-state index in [1.165, 1.54) is 12.1 Å². The largest absolute Gasteiger partial charge is 0.416 e. The average molecular weight is 288 g/mol. The molecule has 1 fully saturated rings. The van der Waals surface area contributed by atoms with E-state index < -0.39 is 11.7 Å². The van der Waals surface area contributed by atoms with E-state index in [2.05, 4.69) is 12.3 Å². The first-order chi connectivity index (χ1) is 9.41. The van der Waals surface area contributed by atoms with Crippen molar-refractivity contribution in [2.24, 2.45) is 11.8 Å². The molecule has 0 saturated carbocycles. The van der Waals surface area contributed by atoms with Crippen LogP contribution in [0.1, 0.15) is 24.5 Å². The lowest BCUT2D eigenvalue weighted by Crippen LogP contribution is -2.47. The van der Waals surface area contributed by atoms with Gasteiger partial charge in [-0.1, -0.05) is 19.1 Å². The van der Waals surface area contributed by atoms with Gasteiger partial charge in [-0.2, -0.15) is 13.2 Å². The maximum atomic E-state index is 12.5. The molecule has 3 nitrogen and oxygen atoms in total. The Bertz CT molecular complexity index is 433. The summed E-state index contributed by atoms with van der Waals surface area (Å²) in [5.74, 6) is 5.95. The summed E-state index contributed by atoms with van der Waals surface area (Å²) in [6.45, 7) is 2.80. The molecular formula is C14H19F3N2O. The first kappa shape index (κ1) is 15.3. The van der Waals surface area contributed by atoms with E-state index in [0.29, 0.717) is 18.9 Å². The van der Waals surface area contributed by atoms with Crippen molar-refractivity contribution in [2.75, 3.05) is 6.61 Å². The minimum Gasteiger partial charge on any atom is -0.376 e. The van der Waals surface area contributed by atoms with Crippen LogP contribution in [0.2, 0.25) is 0 Å². The fourth-order valence-electron chi connectivity index (χ4n) is 2.58. The smallest absolute Gasteiger partial charge is 0.376 e. The molecule has 0 bridgehead atoms. The van der Waals surface area contributed by atoms with Crippen molar-refractivity contribution < 1.29 is 17.9 Å². The van der Waals surface area contributed by atoms with Gasteiger partial charge >= 0.3 is 6.18 Å². The second kappa shape index (κ2) is 6.11. The van der Waals surface area contributed by atoms with Crippen LogP contribution in [-0.2, 0) is 17.3 Å². The number of nitrogens with two attached hydrogens (primary N) is 1. The SMILES string of the molecule is CC1CCOC1C(Cc1ccc(C(F)(F)F)cc1)NN. The highest BCUT2D eigenvalue weighted by Crippen LogP contribution is 2.30. The molecule has 1 heterocycles. The molecular weight excluding hydrogens is 269 g/mol. The van der Waals surface area contributed by atoms with Crippen LogP contribution in [0, 0.1) is 5.92 Å². The molecule has 0 radical (unpaired) electrons. The zero-order valence-electron chi connectivity index (χ0n) is 11.3. The third-order valence-electron chi connectivity index (χ3n) is 3.79. The summed E-state index contributed by atoms with van der Waals surface area (Å²) < 4.78 is 43.1. The molecule has 1 aromatic carbocycles. The molecule has 3 unspecified atom stereocenters. The predicted octanol–water partition coefficient (Wildman–Crippen LogP) is 2.50. The normalized spacial score (nSPS) is 24.9. The number of rotatable bonds is 4. The molecule has 112 valence electrons. The molecule has 0 amide bonds. The Morgan fingerprint density at radius 1 is 1.35 bits per heavy atom. The van der Waals surface area contributed by atoms with Crippen molar-refractivity contribution in [1.82, 2.24) is 5.43 Å². The van der Waals surface area contributed by atoms with E-state index in [9.17, 15) is 13.2 Å². The Labute approximate surface area is 116 Å². The topological polar surface area (TPSA) is 47.3 Å². The Kier molecular flexibility index (Phi) is 4.67. The molecule has 0 aromatic heterocycles. The summed E-state index contributed by atoms with van der Waals surface area (Å²) in [7, 11) is 0. The van der Waals surface area contributed by atoms with Crippen molar-refractivity contribution in [1.29, 1.82) is 0 Å². The van der Waals surface area contributed by atoms with Crippen molar-refractivity contribution >= 4 is 0 Å². The standard InChI is InChI=1S/C14H19F3N2O/c1-9-6-7-20-13(9)12(19-18)8-10-2-4-11(5-3-10)14(15,16)17/h2-5,9,12-13,19H,6-8,18H2,1H3. The van der Waals surface area contributed by atoms with Crippen LogP contribution >= 0.6 is 0 Å². The molecule has 1 aliphatic rings. The van der Waals surface area contributed by atoms with Crippen molar-refractivity contribution in [3.63, 3.8) is 0 Å². The number of alkyl halides is 3. The van der Waals surface area contributed by atoms with Gasteiger partial charge in [0.15, 0.2) is 0 Å². The second-order valence-electron chi connectivity index (χ2n) is 5.27. The molecule has 20 heavy (non-hydrogen) atoms. The highest BCUT2D eigenvalue weighted by atomic mass is 19.4. The summed E-state index contributed by atoms with van der Waals surface area (Å²) in [6.07, 6.45) is -2.77. The van der Waals surface area contributed by atoms with Gasteiger partial charge in [0.1, 0.15) is 0 Å². The first-order valence-corrected chi connectivity index (χ1v) is 6.65. The van der Waals surface area contributed by atoms with Gasteiger partial charge < -0.3 is 4.74 Å². The van der Waals surface area contributed by atoms with Gasteiger partial charge in [-0.3, -0.25) is 11.3 Å². The number of hydrazine groups is 1. The van der Waals surface area contributed by atoms with Crippen LogP contribution in [0.25, 0.3) is 0 Å². The second-order valence-corrected chi connectivity index (χ2v) is 5.27. The van der Waals surface area contributed by atoms with Gasteiger partial charge in [-0.05, 0) is 36.5 Å². The zero-order chi connectivity index (χ0) is 14.8. The summed E-state index contributed by atoms with van der Waals surface area (Å²) in [5, 5.41) is 0. The average Bonchev–Trinajstić information content (AvgIpc) is 2.82. The highest BCUT2D eigenvalue weighted by Gasteiger charge is 2.32. The van der Waals surface area contributed by atoms with Crippen LogP contribution in [0.3, 0.4) is 0 Å². The quantitative estimate of drug-likeness (QED) is 0.661. The minimum absolute atomic E-state index is 0.00212. The Morgan fingerprint density at radius 3 is 2.45 bits per heavy atom. The molecule has 3 N–H and O–H groups in total. The number of hydrogen-bond acceptors (Lipinski definition) is 3. The van der Waals surface area contributed by atoms with E-state index in [-0.39, 0.29) is 12.1 Å². The molecule has 1 saturated heterocycles. The van der Waals surface area contributed by atoms with Crippen molar-refractivity contribution in [2.45, 2.75) is 38.1 Å². The third kappa shape index (κ3) is 3.50. The number of benzene rings is 1. The van der Waals surface area contributed by atoms with Crippen LogP contribution in [0.15, 0.2) is 24.3 Å². The third-order valence-corrected chi connectivity index (χ3v) is 3.79. The highest BCUT2D eigenvalue weighted by molar-refractivity contribution is 5.25. The summed E-state index contributed by atoms with van der Waals surface area (Å²) in [6, 6.07) is 5.09. The fraction of sp³-hybridized carbons (Fsp3) is 0.571. The molecule has 6 heteroatoms.